The molecule has 0 aromatic carbocycles. The number of rotatable bonds is 6. The third-order valence-corrected chi connectivity index (χ3v) is 4.27. The third kappa shape index (κ3) is 5.72. The van der Waals surface area contributed by atoms with Crippen LogP contribution in [0.25, 0.3) is 0 Å². The molecule has 1 aliphatic heterocycles. The second-order valence-electron chi connectivity index (χ2n) is 7.72. The smallest absolute Gasteiger partial charge is 0.363 e. The zero-order valence-electron chi connectivity index (χ0n) is 14.7. The molecule has 0 amide bonds. The van der Waals surface area contributed by atoms with E-state index in [0.29, 0.717) is 12.6 Å². The second kappa shape index (κ2) is 7.90. The van der Waals surface area contributed by atoms with Crippen LogP contribution in [0.3, 0.4) is 0 Å². The molecule has 0 aliphatic carbocycles. The topological polar surface area (TPSA) is 91.5 Å². The zero-order chi connectivity index (χ0) is 17.7. The van der Waals surface area contributed by atoms with Gasteiger partial charge in [-0.15, -0.1) is 0 Å². The summed E-state index contributed by atoms with van der Waals surface area (Å²) in [5.74, 6) is -0.122. The van der Waals surface area contributed by atoms with Gasteiger partial charge in [0.15, 0.2) is 6.20 Å². The monoisotopic (exact) mass is 336 g/mol. The number of hydrogen-bond donors (Lipinski definition) is 2. The molecule has 0 radical (unpaired) electrons. The van der Waals surface area contributed by atoms with Crippen LogP contribution in [0.5, 0.6) is 0 Å². The lowest BCUT2D eigenvalue weighted by Crippen LogP contribution is -2.45. The summed E-state index contributed by atoms with van der Waals surface area (Å²) in [6.45, 7) is 8.78. The minimum atomic E-state index is -0.483. The van der Waals surface area contributed by atoms with E-state index in [2.05, 4.69) is 36.0 Å². The Labute approximate surface area is 143 Å². The summed E-state index contributed by atoms with van der Waals surface area (Å²) in [5.41, 5.74) is 1.06. The van der Waals surface area contributed by atoms with E-state index in [0.717, 1.165) is 38.0 Å². The van der Waals surface area contributed by atoms with Gasteiger partial charge in [0.05, 0.1) is 11.8 Å². The van der Waals surface area contributed by atoms with Crippen LogP contribution in [0.1, 0.15) is 40.0 Å². The highest BCUT2D eigenvalue weighted by Crippen LogP contribution is 2.22. The molecular weight excluding hydrogens is 308 g/mol. The third-order valence-electron chi connectivity index (χ3n) is 4.27. The van der Waals surface area contributed by atoms with E-state index in [1.807, 2.05) is 0 Å². The molecule has 2 N–H and O–H groups in total. The van der Waals surface area contributed by atoms with Crippen molar-refractivity contribution in [1.29, 1.82) is 0 Å². The fourth-order valence-electron chi connectivity index (χ4n) is 3.10. The molecule has 7 nitrogen and oxygen atoms in total. The molecule has 1 unspecified atom stereocenters. The Morgan fingerprint density at radius 1 is 1.42 bits per heavy atom. The average Bonchev–Trinajstić information content (AvgIpc) is 2.52. The van der Waals surface area contributed by atoms with Crippen molar-refractivity contribution in [3.05, 3.63) is 28.4 Å². The van der Waals surface area contributed by atoms with E-state index >= 15 is 0 Å². The highest BCUT2D eigenvalue weighted by molar-refractivity contribution is 5.46. The molecule has 1 aromatic heterocycles. The number of nitro groups is 1. The molecular formula is C17H28N4O3. The van der Waals surface area contributed by atoms with Gasteiger partial charge in [0.1, 0.15) is 0 Å². The zero-order valence-corrected chi connectivity index (χ0v) is 14.7. The number of nitrogens with one attached hydrogen (secondary N) is 1. The summed E-state index contributed by atoms with van der Waals surface area (Å²) in [6, 6.07) is 3.61. The van der Waals surface area contributed by atoms with E-state index in [1.165, 1.54) is 6.07 Å². The number of hydrogen-bond acceptors (Lipinski definition) is 6. The van der Waals surface area contributed by atoms with Crippen molar-refractivity contribution in [3.8, 4) is 0 Å². The summed E-state index contributed by atoms with van der Waals surface area (Å²) >= 11 is 0. The molecule has 24 heavy (non-hydrogen) atoms. The van der Waals surface area contributed by atoms with Crippen LogP contribution in [0.2, 0.25) is 0 Å². The average molecular weight is 336 g/mol. The molecule has 1 atom stereocenters. The number of pyridine rings is 1. The first-order chi connectivity index (χ1) is 11.2. The van der Waals surface area contributed by atoms with E-state index in [-0.39, 0.29) is 17.3 Å². The van der Waals surface area contributed by atoms with E-state index < -0.39 is 4.92 Å². The molecule has 1 aliphatic rings. The molecule has 1 fully saturated rings. The fraction of sp³-hybridized carbons (Fsp3) is 0.706. The van der Waals surface area contributed by atoms with E-state index in [1.54, 1.807) is 12.3 Å². The van der Waals surface area contributed by atoms with Crippen LogP contribution >= 0.6 is 0 Å². The maximum absolute atomic E-state index is 10.6. The second-order valence-corrected chi connectivity index (χ2v) is 7.72. The number of aliphatic hydroxyl groups is 1. The molecule has 0 saturated carbocycles. The molecule has 2 rings (SSSR count). The number of nitrogens with zero attached hydrogens (tertiary/aromatic N) is 3. The molecule has 2 heterocycles. The van der Waals surface area contributed by atoms with Gasteiger partial charge in [-0.3, -0.25) is 0 Å². The quantitative estimate of drug-likeness (QED) is 0.612. The molecule has 1 aromatic rings. The number of anilines is 1. The Kier molecular flexibility index (Phi) is 6.12. The normalized spacial score (nSPS) is 17.8. The summed E-state index contributed by atoms with van der Waals surface area (Å²) < 4.78 is 0. The standard InChI is InChI=1S/C17H28N4O3/c1-17(2,3)10-15(22)12-18-13-6-8-20(9-7-13)14-4-5-16(19-11-14)21(23)24/h4-5,11,13,15,18,22H,6-10,12H2,1-3H3. The predicted molar refractivity (Wildman–Crippen MR) is 94.2 cm³/mol. The lowest BCUT2D eigenvalue weighted by molar-refractivity contribution is -0.389. The molecule has 1 saturated heterocycles. The van der Waals surface area contributed by atoms with Gasteiger partial charge in [-0.25, -0.2) is 0 Å². The van der Waals surface area contributed by atoms with Crippen LogP contribution in [-0.4, -0.2) is 46.8 Å². The fourth-order valence-corrected chi connectivity index (χ4v) is 3.10. The molecule has 0 bridgehead atoms. The first-order valence-corrected chi connectivity index (χ1v) is 8.51. The van der Waals surface area contributed by atoms with Crippen LogP contribution in [-0.2, 0) is 0 Å². The van der Waals surface area contributed by atoms with Gasteiger partial charge in [-0.05, 0) is 40.7 Å². The summed E-state index contributed by atoms with van der Waals surface area (Å²) in [7, 11) is 0. The summed E-state index contributed by atoms with van der Waals surface area (Å²) in [5, 5.41) is 24.2. The lowest BCUT2D eigenvalue weighted by Gasteiger charge is -2.34. The van der Waals surface area contributed by atoms with Gasteiger partial charge in [0.25, 0.3) is 0 Å². The van der Waals surface area contributed by atoms with Gasteiger partial charge >= 0.3 is 5.82 Å². The van der Waals surface area contributed by atoms with Crippen molar-refractivity contribution in [3.63, 3.8) is 0 Å². The molecule has 7 heteroatoms. The van der Waals surface area contributed by atoms with E-state index in [9.17, 15) is 15.2 Å². The van der Waals surface area contributed by atoms with Crippen LogP contribution in [0.4, 0.5) is 11.5 Å². The maximum atomic E-state index is 10.6. The minimum Gasteiger partial charge on any atom is -0.392 e. The molecule has 0 spiro atoms. The minimum absolute atomic E-state index is 0.122. The van der Waals surface area contributed by atoms with Gasteiger partial charge in [-0.1, -0.05) is 20.8 Å². The highest BCUT2D eigenvalue weighted by atomic mass is 16.6. The Bertz CT molecular complexity index is 534. The largest absolute Gasteiger partial charge is 0.392 e. The van der Waals surface area contributed by atoms with Gasteiger partial charge < -0.3 is 25.4 Å². The van der Waals surface area contributed by atoms with Crippen molar-refractivity contribution < 1.29 is 10.0 Å². The van der Waals surface area contributed by atoms with Crippen molar-refractivity contribution in [1.82, 2.24) is 10.3 Å². The first-order valence-electron chi connectivity index (χ1n) is 8.51. The number of aliphatic hydroxyl groups excluding tert-OH is 1. The van der Waals surface area contributed by atoms with Crippen molar-refractivity contribution in [2.75, 3.05) is 24.5 Å². The molecule has 134 valence electrons. The maximum Gasteiger partial charge on any atom is 0.363 e. The van der Waals surface area contributed by atoms with E-state index in [4.69, 9.17) is 0 Å². The predicted octanol–water partition coefficient (Wildman–Crippen LogP) is 2.35. The van der Waals surface area contributed by atoms with Crippen LogP contribution in [0, 0.1) is 15.5 Å². The van der Waals surface area contributed by atoms with Crippen molar-refractivity contribution in [2.45, 2.75) is 52.2 Å². The van der Waals surface area contributed by atoms with Crippen molar-refractivity contribution in [2.24, 2.45) is 5.41 Å². The van der Waals surface area contributed by atoms with Crippen molar-refractivity contribution >= 4 is 11.5 Å². The number of aromatic nitrogens is 1. The van der Waals surface area contributed by atoms with Crippen LogP contribution in [0.15, 0.2) is 18.3 Å². The Morgan fingerprint density at radius 2 is 2.08 bits per heavy atom. The Morgan fingerprint density at radius 3 is 2.58 bits per heavy atom. The van der Waals surface area contributed by atoms with Gasteiger partial charge in [0, 0.05) is 31.7 Å². The highest BCUT2D eigenvalue weighted by Gasteiger charge is 2.22. The SMILES string of the molecule is CC(C)(C)CC(O)CNC1CCN(c2ccc([N+](=O)[O-])nc2)CC1. The summed E-state index contributed by atoms with van der Waals surface area (Å²) in [6.07, 6.45) is 4.01. The Balaban J connectivity index is 1.76. The van der Waals surface area contributed by atoms with Gasteiger partial charge in [0.2, 0.25) is 0 Å². The van der Waals surface area contributed by atoms with Gasteiger partial charge in [-0.2, -0.15) is 0 Å². The first kappa shape index (κ1) is 18.6. The lowest BCUT2D eigenvalue weighted by atomic mass is 9.89. The Hall–Kier alpha value is -1.73. The van der Waals surface area contributed by atoms with Crippen LogP contribution < -0.4 is 10.2 Å². The number of piperidine rings is 1. The summed E-state index contributed by atoms with van der Waals surface area (Å²) in [4.78, 5) is 16.2.